The Morgan fingerprint density at radius 2 is 0.667 bits per heavy atom. The molecule has 12 heavy (non-hydrogen) atoms. The van der Waals surface area contributed by atoms with Gasteiger partial charge >= 0.3 is 68.2 Å². The maximum Gasteiger partial charge on any atom is 1.00 e. The molecule has 8 nitrogen and oxygen atoms in total. The van der Waals surface area contributed by atoms with Gasteiger partial charge in [0.25, 0.3) is 0 Å². The summed E-state index contributed by atoms with van der Waals surface area (Å²) < 4.78 is 0. The van der Waals surface area contributed by atoms with Gasteiger partial charge in [-0.2, -0.15) is 0 Å². The SMILES string of the molecule is O[Si](O)(O)O.[Na+].[Na+].[O-][Si]([O-])(O)O. The molecular formula is H6Na2O8Si2. The van der Waals surface area contributed by atoms with Gasteiger partial charge in [-0.05, 0) is 0 Å². The summed E-state index contributed by atoms with van der Waals surface area (Å²) in [5.41, 5.74) is 0. The molecule has 0 aromatic carbocycles. The molecule has 0 aromatic rings. The van der Waals surface area contributed by atoms with Crippen molar-refractivity contribution in [2.24, 2.45) is 0 Å². The van der Waals surface area contributed by atoms with Gasteiger partial charge in [-0.15, -0.1) is 0 Å². The second-order valence-corrected chi connectivity index (χ2v) is 3.45. The van der Waals surface area contributed by atoms with Crippen LogP contribution in [0.1, 0.15) is 0 Å². The molecular weight excluding hydrogens is 230 g/mol. The second-order valence-electron chi connectivity index (χ2n) is 1.15. The molecule has 12 heteroatoms. The normalized spacial score (nSPS) is 10.0. The molecule has 0 aliphatic rings. The van der Waals surface area contributed by atoms with Gasteiger partial charge in [0, 0.05) is 0 Å². The zero-order valence-corrected chi connectivity index (χ0v) is 12.5. The van der Waals surface area contributed by atoms with Crippen LogP contribution in [0.5, 0.6) is 0 Å². The summed E-state index contributed by atoms with van der Waals surface area (Å²) in [4.78, 5) is 61.1. The van der Waals surface area contributed by atoms with E-state index in [9.17, 15) is 0 Å². The molecule has 0 amide bonds. The Labute approximate surface area is 114 Å². The van der Waals surface area contributed by atoms with E-state index in [-0.39, 0.29) is 59.1 Å². The summed E-state index contributed by atoms with van der Waals surface area (Å²) in [5, 5.41) is 0. The zero-order chi connectivity index (χ0) is 9.00. The van der Waals surface area contributed by atoms with Crippen LogP contribution in [-0.4, -0.2) is 46.9 Å². The van der Waals surface area contributed by atoms with E-state index in [1.165, 1.54) is 0 Å². The number of rotatable bonds is 0. The standard InChI is InChI=1S/2Na.H4O4Si.H2O4Si/c;;2*1-5(2,3)4/h;;1-4H;1-2H/q2*+1;;-2. The first-order valence-corrected chi connectivity index (χ1v) is 5.25. The van der Waals surface area contributed by atoms with E-state index in [1.807, 2.05) is 0 Å². The van der Waals surface area contributed by atoms with Crippen molar-refractivity contribution in [3.05, 3.63) is 0 Å². The van der Waals surface area contributed by atoms with Crippen LogP contribution in [0.15, 0.2) is 0 Å². The summed E-state index contributed by atoms with van der Waals surface area (Å²) in [5.74, 6) is 0. The van der Waals surface area contributed by atoms with Crippen molar-refractivity contribution in [3.8, 4) is 0 Å². The molecule has 0 aromatic heterocycles. The van der Waals surface area contributed by atoms with Crippen LogP contribution in [-0.2, 0) is 0 Å². The van der Waals surface area contributed by atoms with Crippen molar-refractivity contribution in [2.45, 2.75) is 0 Å². The largest absolute Gasteiger partial charge is 1.00 e. The maximum atomic E-state index is 8.80. The van der Waals surface area contributed by atoms with Crippen molar-refractivity contribution in [1.82, 2.24) is 0 Å². The van der Waals surface area contributed by atoms with Crippen LogP contribution in [0.4, 0.5) is 0 Å². The molecule has 0 fully saturated rings. The molecule has 6 N–H and O–H groups in total. The Balaban J connectivity index is -0.0000000457. The molecule has 0 atom stereocenters. The third-order valence-corrected chi connectivity index (χ3v) is 0. The predicted molar refractivity (Wildman–Crippen MR) is 24.8 cm³/mol. The molecule has 0 saturated carbocycles. The summed E-state index contributed by atoms with van der Waals surface area (Å²) in [6.07, 6.45) is 0. The summed E-state index contributed by atoms with van der Waals surface area (Å²) in [6.45, 7) is 0. The van der Waals surface area contributed by atoms with Crippen molar-refractivity contribution in [3.63, 3.8) is 0 Å². The first-order chi connectivity index (χ1) is 4.00. The quantitative estimate of drug-likeness (QED) is 0.225. The van der Waals surface area contributed by atoms with Crippen LogP contribution >= 0.6 is 0 Å². The van der Waals surface area contributed by atoms with Gasteiger partial charge in [0.2, 0.25) is 0 Å². The van der Waals surface area contributed by atoms with E-state index >= 15 is 0 Å². The molecule has 0 unspecified atom stereocenters. The number of hydrogen-bond acceptors (Lipinski definition) is 8. The Bertz CT molecular complexity index is 58.0. The smallest absolute Gasteiger partial charge is 0.828 e. The van der Waals surface area contributed by atoms with E-state index in [1.54, 1.807) is 0 Å². The third kappa shape index (κ3) is 335. The third-order valence-electron chi connectivity index (χ3n) is 0. The van der Waals surface area contributed by atoms with E-state index in [0.717, 1.165) is 0 Å². The van der Waals surface area contributed by atoms with Crippen LogP contribution in [0.3, 0.4) is 0 Å². The fourth-order valence-electron chi connectivity index (χ4n) is 0. The summed E-state index contributed by atoms with van der Waals surface area (Å²) in [6, 6.07) is 0. The Kier molecular flexibility index (Phi) is 19.1. The second kappa shape index (κ2) is 9.66. The average Bonchev–Trinajstić information content (AvgIpc) is 1.12. The molecule has 0 aliphatic carbocycles. The molecule has 0 saturated heterocycles. The van der Waals surface area contributed by atoms with E-state index in [0.29, 0.717) is 0 Å². The Morgan fingerprint density at radius 3 is 0.667 bits per heavy atom. The van der Waals surface area contributed by atoms with E-state index in [4.69, 9.17) is 38.4 Å². The van der Waals surface area contributed by atoms with Crippen LogP contribution < -0.4 is 68.7 Å². The molecule has 0 radical (unpaired) electrons. The van der Waals surface area contributed by atoms with Crippen LogP contribution in [0.25, 0.3) is 0 Å². The van der Waals surface area contributed by atoms with Gasteiger partial charge in [0.15, 0.2) is 0 Å². The van der Waals surface area contributed by atoms with Gasteiger partial charge in [-0.3, -0.25) is 0 Å². The Hall–Kier alpha value is 2.11. The maximum absolute atomic E-state index is 8.80. The van der Waals surface area contributed by atoms with E-state index < -0.39 is 18.1 Å². The minimum absolute atomic E-state index is 0. The number of hydrogen-bond donors (Lipinski definition) is 6. The fourth-order valence-corrected chi connectivity index (χ4v) is 0. The van der Waals surface area contributed by atoms with Gasteiger partial charge < -0.3 is 38.4 Å². The molecule has 64 valence electrons. The van der Waals surface area contributed by atoms with Crippen molar-refractivity contribution < 1.29 is 97.5 Å². The van der Waals surface area contributed by atoms with Gasteiger partial charge in [-0.25, -0.2) is 0 Å². The molecule has 0 aliphatic heterocycles. The van der Waals surface area contributed by atoms with Crippen LogP contribution in [0, 0.1) is 0 Å². The van der Waals surface area contributed by atoms with Crippen molar-refractivity contribution in [2.75, 3.05) is 0 Å². The van der Waals surface area contributed by atoms with Crippen LogP contribution in [0.2, 0.25) is 0 Å². The van der Waals surface area contributed by atoms with E-state index in [2.05, 4.69) is 0 Å². The Morgan fingerprint density at radius 1 is 0.667 bits per heavy atom. The first-order valence-electron chi connectivity index (χ1n) is 1.75. The molecule has 0 spiro atoms. The first kappa shape index (κ1) is 23.7. The summed E-state index contributed by atoms with van der Waals surface area (Å²) in [7, 11) is -9.72. The fraction of sp³-hybridized carbons (Fsp3) is 0. The minimum atomic E-state index is -5.11. The predicted octanol–water partition coefficient (Wildman–Crippen LogP) is -12.5. The zero-order valence-electron chi connectivity index (χ0n) is 6.50. The van der Waals surface area contributed by atoms with Crippen molar-refractivity contribution >= 4 is 18.1 Å². The monoisotopic (exact) mass is 236 g/mol. The minimum Gasteiger partial charge on any atom is -0.828 e. The molecule has 0 bridgehead atoms. The van der Waals surface area contributed by atoms with Gasteiger partial charge in [-0.1, -0.05) is 0 Å². The van der Waals surface area contributed by atoms with Crippen molar-refractivity contribution in [1.29, 1.82) is 0 Å². The summed E-state index contributed by atoms with van der Waals surface area (Å²) >= 11 is 0. The molecule has 0 rings (SSSR count). The van der Waals surface area contributed by atoms with Gasteiger partial charge in [0.05, 0.1) is 0 Å². The topological polar surface area (TPSA) is 168 Å². The average molecular weight is 236 g/mol. The molecule has 0 heterocycles. The van der Waals surface area contributed by atoms with Gasteiger partial charge in [0.1, 0.15) is 9.05 Å².